The lowest BCUT2D eigenvalue weighted by Crippen LogP contribution is -1.94. The summed E-state index contributed by atoms with van der Waals surface area (Å²) in [6.45, 7) is 0. The second kappa shape index (κ2) is 4.12. The van der Waals surface area contributed by atoms with Gasteiger partial charge in [-0.2, -0.15) is 12.6 Å². The first-order valence-corrected chi connectivity index (χ1v) is 6.01. The summed E-state index contributed by atoms with van der Waals surface area (Å²) < 4.78 is 35.9. The van der Waals surface area contributed by atoms with Crippen LogP contribution in [-0.4, -0.2) is 12.6 Å². The number of sulfonamides is 1. The Kier molecular flexibility index (Phi) is 3.34. The van der Waals surface area contributed by atoms with E-state index in [1.165, 1.54) is 12.1 Å². The Morgan fingerprint density at radius 3 is 2.23 bits per heavy atom. The minimum atomic E-state index is -3.77. The van der Waals surface area contributed by atoms with E-state index in [1.807, 2.05) is 0 Å². The fourth-order valence-corrected chi connectivity index (χ4v) is 2.10. The van der Waals surface area contributed by atoms with Gasteiger partial charge in [-0.05, 0) is 24.3 Å². The minimum absolute atomic E-state index is 0.0130. The first-order chi connectivity index (χ1) is 6.06. The summed E-state index contributed by atoms with van der Waals surface area (Å²) in [5.41, 5.74) is 0. The average Bonchev–Trinajstić information content (AvgIpc) is 2.05. The van der Waals surface area contributed by atoms with Crippen molar-refractivity contribution >= 4 is 37.4 Å². The van der Waals surface area contributed by atoms with Crippen molar-refractivity contribution in [3.8, 4) is 0 Å². The van der Waals surface area contributed by atoms with Crippen LogP contribution in [0.5, 0.6) is 0 Å². The van der Waals surface area contributed by atoms with Crippen molar-refractivity contribution in [3.63, 3.8) is 0 Å². The summed E-state index contributed by atoms with van der Waals surface area (Å²) in [4.78, 5) is 0.0130. The van der Waals surface area contributed by atoms with Crippen molar-refractivity contribution in [2.45, 2.75) is 4.90 Å². The standard InChI is InChI=1S/C6H4BrNO3S2/c7-5-1-3-6(4-2-5)13(10,11)8-12-9/h1-4H. The number of nitrogens with zero attached hydrogens (tertiary/aromatic N) is 1. The lowest BCUT2D eigenvalue weighted by molar-refractivity contribution is 0.598. The maximum atomic E-state index is 11.1. The van der Waals surface area contributed by atoms with Gasteiger partial charge < -0.3 is 0 Å². The van der Waals surface area contributed by atoms with E-state index in [0.29, 0.717) is 0 Å². The molecular formula is C6H4BrNO3S2. The lowest BCUT2D eigenvalue weighted by atomic mass is 10.4. The van der Waals surface area contributed by atoms with Crippen LogP contribution in [0.1, 0.15) is 0 Å². The summed E-state index contributed by atoms with van der Waals surface area (Å²) in [5, 5.41) is 0. The van der Waals surface area contributed by atoms with Crippen molar-refractivity contribution in [2.24, 2.45) is 3.77 Å². The molecule has 0 atom stereocenters. The third kappa shape index (κ3) is 2.71. The Balaban J connectivity index is 3.24. The van der Waals surface area contributed by atoms with E-state index in [9.17, 15) is 12.6 Å². The maximum absolute atomic E-state index is 11.1. The predicted octanol–water partition coefficient (Wildman–Crippen LogP) is 1.53. The smallest absolute Gasteiger partial charge is 0.198 e. The number of rotatable bonds is 2. The Labute approximate surface area is 87.4 Å². The topological polar surface area (TPSA) is 63.6 Å². The predicted molar refractivity (Wildman–Crippen MR) is 51.9 cm³/mol. The molecule has 0 spiro atoms. The molecule has 1 aromatic carbocycles. The van der Waals surface area contributed by atoms with Crippen LogP contribution >= 0.6 is 15.9 Å². The van der Waals surface area contributed by atoms with Crippen molar-refractivity contribution in [2.75, 3.05) is 0 Å². The summed E-state index contributed by atoms with van der Waals surface area (Å²) in [6.07, 6.45) is 0. The first kappa shape index (κ1) is 10.6. The van der Waals surface area contributed by atoms with Gasteiger partial charge in [0.15, 0.2) is 0 Å². The largest absolute Gasteiger partial charge is 0.294 e. The van der Waals surface area contributed by atoms with Crippen molar-refractivity contribution in [1.29, 1.82) is 0 Å². The zero-order chi connectivity index (χ0) is 9.90. The van der Waals surface area contributed by atoms with Crippen LogP contribution in [0.4, 0.5) is 0 Å². The van der Waals surface area contributed by atoms with Crippen LogP contribution in [0, 0.1) is 0 Å². The summed E-state index contributed by atoms with van der Waals surface area (Å²) >= 11 is 2.84. The molecule has 0 saturated heterocycles. The Hall–Kier alpha value is -0.530. The van der Waals surface area contributed by atoms with E-state index < -0.39 is 10.0 Å². The number of benzene rings is 1. The van der Waals surface area contributed by atoms with Crippen LogP contribution in [0.3, 0.4) is 0 Å². The molecule has 1 rings (SSSR count). The molecule has 7 heteroatoms. The molecule has 0 unspecified atom stereocenters. The van der Waals surface area contributed by atoms with Crippen LogP contribution < -0.4 is 0 Å². The second-order valence-electron chi connectivity index (χ2n) is 2.08. The fourth-order valence-electron chi connectivity index (χ4n) is 0.690. The lowest BCUT2D eigenvalue weighted by Gasteiger charge is -1.95. The number of halogens is 1. The van der Waals surface area contributed by atoms with E-state index in [2.05, 4.69) is 19.7 Å². The highest BCUT2D eigenvalue weighted by molar-refractivity contribution is 9.10. The quantitative estimate of drug-likeness (QED) is 0.826. The zero-order valence-corrected chi connectivity index (χ0v) is 9.39. The number of hydrogen-bond acceptors (Lipinski definition) is 3. The summed E-state index contributed by atoms with van der Waals surface area (Å²) in [5.74, 6) is 0. The van der Waals surface area contributed by atoms with Crippen LogP contribution in [-0.2, 0) is 21.5 Å². The van der Waals surface area contributed by atoms with Gasteiger partial charge in [0.25, 0.3) is 10.0 Å². The third-order valence-corrected chi connectivity index (χ3v) is 3.67. The van der Waals surface area contributed by atoms with Gasteiger partial charge in [0.05, 0.1) is 4.90 Å². The van der Waals surface area contributed by atoms with Crippen molar-refractivity contribution < 1.29 is 12.6 Å². The zero-order valence-electron chi connectivity index (χ0n) is 6.18. The highest BCUT2D eigenvalue weighted by Crippen LogP contribution is 2.15. The molecular weight excluding hydrogens is 278 g/mol. The van der Waals surface area contributed by atoms with Gasteiger partial charge in [-0.3, -0.25) is 0 Å². The minimum Gasteiger partial charge on any atom is -0.198 e. The van der Waals surface area contributed by atoms with Crippen molar-refractivity contribution in [1.82, 2.24) is 0 Å². The molecule has 0 aliphatic rings. The van der Waals surface area contributed by atoms with E-state index in [4.69, 9.17) is 0 Å². The molecule has 0 N–H and O–H groups in total. The van der Waals surface area contributed by atoms with E-state index in [0.717, 1.165) is 4.47 Å². The van der Waals surface area contributed by atoms with Crippen LogP contribution in [0.15, 0.2) is 37.4 Å². The fraction of sp³-hybridized carbons (Fsp3) is 0. The van der Waals surface area contributed by atoms with Gasteiger partial charge in [-0.25, -0.2) is 0 Å². The van der Waals surface area contributed by atoms with Crippen LogP contribution in [0.2, 0.25) is 0 Å². The molecule has 0 aliphatic carbocycles. The summed E-state index contributed by atoms with van der Waals surface area (Å²) in [7, 11) is -3.77. The molecule has 0 saturated carbocycles. The molecule has 4 nitrogen and oxygen atoms in total. The SMILES string of the molecule is O=S=NS(=O)(=O)c1ccc(Br)cc1. The Bertz CT molecular complexity index is 447. The Morgan fingerprint density at radius 1 is 1.23 bits per heavy atom. The van der Waals surface area contributed by atoms with E-state index in [-0.39, 0.29) is 16.4 Å². The average molecular weight is 282 g/mol. The molecule has 0 amide bonds. The van der Waals surface area contributed by atoms with Gasteiger partial charge in [0.2, 0.25) is 11.5 Å². The van der Waals surface area contributed by atoms with E-state index >= 15 is 0 Å². The molecule has 0 fully saturated rings. The number of hydrogen-bond donors (Lipinski definition) is 0. The van der Waals surface area contributed by atoms with Gasteiger partial charge in [0, 0.05) is 4.47 Å². The molecule has 0 heterocycles. The normalized spacial score (nSPS) is 10.8. The van der Waals surface area contributed by atoms with Crippen LogP contribution in [0.25, 0.3) is 0 Å². The van der Waals surface area contributed by atoms with Gasteiger partial charge >= 0.3 is 0 Å². The molecule has 0 radical (unpaired) electrons. The van der Waals surface area contributed by atoms with Crippen molar-refractivity contribution in [3.05, 3.63) is 28.7 Å². The van der Waals surface area contributed by atoms with Gasteiger partial charge in [-0.15, -0.1) is 0 Å². The molecule has 0 bridgehead atoms. The van der Waals surface area contributed by atoms with Gasteiger partial charge in [0.1, 0.15) is 0 Å². The molecule has 0 aromatic heterocycles. The van der Waals surface area contributed by atoms with E-state index in [1.54, 1.807) is 12.1 Å². The second-order valence-corrected chi connectivity index (χ2v) is 5.16. The maximum Gasteiger partial charge on any atom is 0.294 e. The highest BCUT2D eigenvalue weighted by Gasteiger charge is 2.11. The highest BCUT2D eigenvalue weighted by atomic mass is 79.9. The molecule has 70 valence electrons. The van der Waals surface area contributed by atoms with Gasteiger partial charge in [-0.1, -0.05) is 19.7 Å². The molecule has 0 aliphatic heterocycles. The first-order valence-electron chi connectivity index (χ1n) is 3.08. The molecule has 13 heavy (non-hydrogen) atoms. The third-order valence-electron chi connectivity index (χ3n) is 1.24. The summed E-state index contributed by atoms with van der Waals surface area (Å²) in [6, 6.07) is 5.88. The monoisotopic (exact) mass is 281 g/mol. The molecule has 1 aromatic rings. The Morgan fingerprint density at radius 2 is 1.77 bits per heavy atom.